The Morgan fingerprint density at radius 3 is 2.55 bits per heavy atom. The molecule has 1 atom stereocenters. The number of fused-ring (bicyclic) bond motifs is 1. The third kappa shape index (κ3) is 5.97. The first-order valence-electron chi connectivity index (χ1n) is 13.4. The molecule has 2 aromatic heterocycles. The maximum atomic E-state index is 12.5. The van der Waals surface area contributed by atoms with Crippen molar-refractivity contribution in [3.8, 4) is 17.0 Å². The molecule has 0 bridgehead atoms. The van der Waals surface area contributed by atoms with E-state index in [2.05, 4.69) is 28.2 Å². The van der Waals surface area contributed by atoms with Gasteiger partial charge in [-0.05, 0) is 82.7 Å². The summed E-state index contributed by atoms with van der Waals surface area (Å²) in [6, 6.07) is 8.57. The van der Waals surface area contributed by atoms with Crippen LogP contribution in [0.2, 0.25) is 0 Å². The van der Waals surface area contributed by atoms with E-state index in [9.17, 15) is 9.90 Å². The van der Waals surface area contributed by atoms with Crippen LogP contribution in [0, 0.1) is 13.8 Å². The number of hydrogen-bond acceptors (Lipinski definition) is 6. The number of piperidine rings is 1. The number of carbonyl (C=O) groups excluding carboxylic acids is 1. The monoisotopic (exact) mass is 523 g/mol. The van der Waals surface area contributed by atoms with Crippen LogP contribution in [0.3, 0.4) is 0 Å². The second-order valence-corrected chi connectivity index (χ2v) is 11.3. The van der Waals surface area contributed by atoms with Crippen molar-refractivity contribution in [2.24, 2.45) is 0 Å². The number of carbonyl (C=O) groups is 1. The predicted molar refractivity (Wildman–Crippen MR) is 149 cm³/mol. The molecule has 1 aromatic carbocycles. The SMILES string of the molecule is COCOc1c(-c2[nH]c3ccc(C4CCN(C(=O)OC(C)(C)C)CC4)cc3c2C(C)CO)cc(C)nc1C. The zero-order chi connectivity index (χ0) is 27.6. The highest BCUT2D eigenvalue weighted by Crippen LogP contribution is 2.42. The van der Waals surface area contributed by atoms with Gasteiger partial charge in [-0.15, -0.1) is 0 Å². The molecule has 4 rings (SSSR count). The Hall–Kier alpha value is -3.10. The van der Waals surface area contributed by atoms with E-state index in [0.717, 1.165) is 52.0 Å². The standard InChI is InChI=1S/C30H41N3O5/c1-18(16-34)26-23-15-22(21-10-12-33(13-11-21)29(35)38-30(4,5)6)8-9-25(23)32-27(26)24-14-19(2)31-20(3)28(24)37-17-36-7/h8-9,14-15,18,21,32,34H,10-13,16-17H2,1-7H3. The quantitative estimate of drug-likeness (QED) is 0.367. The highest BCUT2D eigenvalue weighted by atomic mass is 16.7. The minimum absolute atomic E-state index is 0.0236. The Morgan fingerprint density at radius 1 is 1.21 bits per heavy atom. The fraction of sp³-hybridized carbons (Fsp3) is 0.533. The number of pyridine rings is 1. The van der Waals surface area contributed by atoms with Crippen molar-refractivity contribution in [1.82, 2.24) is 14.9 Å². The highest BCUT2D eigenvalue weighted by Gasteiger charge is 2.29. The summed E-state index contributed by atoms with van der Waals surface area (Å²) in [5.41, 5.74) is 6.33. The van der Waals surface area contributed by atoms with E-state index < -0.39 is 5.60 Å². The maximum Gasteiger partial charge on any atom is 0.410 e. The Morgan fingerprint density at radius 2 is 1.92 bits per heavy atom. The predicted octanol–water partition coefficient (Wildman–Crippen LogP) is 6.04. The van der Waals surface area contributed by atoms with E-state index in [1.807, 2.05) is 52.5 Å². The van der Waals surface area contributed by atoms with E-state index in [1.54, 1.807) is 7.11 Å². The van der Waals surface area contributed by atoms with Gasteiger partial charge >= 0.3 is 6.09 Å². The number of hydrogen-bond donors (Lipinski definition) is 2. The van der Waals surface area contributed by atoms with Crippen molar-refractivity contribution < 1.29 is 24.1 Å². The molecule has 3 heterocycles. The van der Waals surface area contributed by atoms with Gasteiger partial charge in [-0.1, -0.05) is 13.0 Å². The number of methoxy groups -OCH3 is 1. The molecule has 1 aliphatic heterocycles. The molecular formula is C30H41N3O5. The zero-order valence-corrected chi connectivity index (χ0v) is 23.7. The molecule has 0 saturated carbocycles. The average Bonchev–Trinajstić information content (AvgIpc) is 3.25. The van der Waals surface area contributed by atoms with Gasteiger partial charge in [0.15, 0.2) is 12.5 Å². The first kappa shape index (κ1) is 27.9. The summed E-state index contributed by atoms with van der Waals surface area (Å²) in [4.78, 5) is 22.5. The number of likely N-dealkylation sites (tertiary alicyclic amines) is 1. The molecular weight excluding hydrogens is 482 g/mol. The molecule has 1 fully saturated rings. The van der Waals surface area contributed by atoms with Gasteiger partial charge in [-0.2, -0.15) is 0 Å². The van der Waals surface area contributed by atoms with E-state index in [1.165, 1.54) is 5.56 Å². The van der Waals surface area contributed by atoms with Crippen LogP contribution in [-0.2, 0) is 9.47 Å². The number of aliphatic hydroxyl groups is 1. The summed E-state index contributed by atoms with van der Waals surface area (Å²) < 4.78 is 16.7. The number of aryl methyl sites for hydroxylation is 2. The zero-order valence-electron chi connectivity index (χ0n) is 23.7. The maximum absolute atomic E-state index is 12.5. The van der Waals surface area contributed by atoms with Crippen molar-refractivity contribution in [2.75, 3.05) is 33.6 Å². The molecule has 0 aliphatic carbocycles. The number of aromatic nitrogens is 2. The van der Waals surface area contributed by atoms with E-state index >= 15 is 0 Å². The fourth-order valence-electron chi connectivity index (χ4n) is 5.32. The minimum atomic E-state index is -0.495. The van der Waals surface area contributed by atoms with Crippen LogP contribution >= 0.6 is 0 Å². The number of benzene rings is 1. The van der Waals surface area contributed by atoms with Gasteiger partial charge in [0.05, 0.1) is 11.4 Å². The largest absolute Gasteiger partial charge is 0.465 e. The van der Waals surface area contributed by atoms with Crippen LogP contribution in [0.4, 0.5) is 4.79 Å². The normalized spacial score (nSPS) is 15.6. The smallest absolute Gasteiger partial charge is 0.410 e. The van der Waals surface area contributed by atoms with Crippen molar-refractivity contribution in [3.05, 3.63) is 46.8 Å². The fourth-order valence-corrected chi connectivity index (χ4v) is 5.32. The number of nitrogens with one attached hydrogen (secondary N) is 1. The lowest BCUT2D eigenvalue weighted by atomic mass is 9.87. The first-order chi connectivity index (χ1) is 18.0. The van der Waals surface area contributed by atoms with Crippen LogP contribution in [-0.4, -0.2) is 65.3 Å². The van der Waals surface area contributed by atoms with Crippen molar-refractivity contribution in [1.29, 1.82) is 0 Å². The molecule has 1 unspecified atom stereocenters. The number of aliphatic hydroxyl groups excluding tert-OH is 1. The van der Waals surface area contributed by atoms with Crippen molar-refractivity contribution in [2.45, 2.75) is 71.8 Å². The van der Waals surface area contributed by atoms with Crippen molar-refractivity contribution >= 4 is 17.0 Å². The van der Waals surface area contributed by atoms with Crippen LogP contribution in [0.15, 0.2) is 24.3 Å². The third-order valence-electron chi connectivity index (χ3n) is 7.11. The molecule has 1 aliphatic rings. The topological polar surface area (TPSA) is 96.9 Å². The van der Waals surface area contributed by atoms with Crippen molar-refractivity contribution in [3.63, 3.8) is 0 Å². The van der Waals surface area contributed by atoms with Gasteiger partial charge in [0.25, 0.3) is 0 Å². The van der Waals surface area contributed by atoms with Gasteiger partial charge in [0.2, 0.25) is 0 Å². The number of nitrogens with zero attached hydrogens (tertiary/aromatic N) is 2. The van der Waals surface area contributed by atoms with Crippen LogP contribution < -0.4 is 4.74 Å². The summed E-state index contributed by atoms with van der Waals surface area (Å²) in [6.07, 6.45) is 1.52. The Labute approximate surface area is 225 Å². The van der Waals surface area contributed by atoms with Gasteiger partial charge < -0.3 is 29.2 Å². The lowest BCUT2D eigenvalue weighted by molar-refractivity contribution is 0.0205. The van der Waals surface area contributed by atoms with Crippen LogP contribution in [0.1, 0.15) is 74.9 Å². The summed E-state index contributed by atoms with van der Waals surface area (Å²) >= 11 is 0. The third-order valence-corrected chi connectivity index (χ3v) is 7.11. The summed E-state index contributed by atoms with van der Waals surface area (Å²) in [5.74, 6) is 0.928. The van der Waals surface area contributed by atoms with Gasteiger partial charge in [-0.3, -0.25) is 4.98 Å². The lowest BCUT2D eigenvalue weighted by Crippen LogP contribution is -2.41. The molecule has 1 saturated heterocycles. The highest BCUT2D eigenvalue weighted by molar-refractivity contribution is 5.93. The van der Waals surface area contributed by atoms with Gasteiger partial charge in [-0.25, -0.2) is 4.79 Å². The molecule has 8 heteroatoms. The lowest BCUT2D eigenvalue weighted by Gasteiger charge is -2.33. The van der Waals surface area contributed by atoms with Crippen LogP contribution in [0.25, 0.3) is 22.2 Å². The van der Waals surface area contributed by atoms with E-state index in [-0.39, 0.29) is 25.4 Å². The average molecular weight is 524 g/mol. The number of rotatable bonds is 7. The molecule has 38 heavy (non-hydrogen) atoms. The minimum Gasteiger partial charge on any atom is -0.465 e. The summed E-state index contributed by atoms with van der Waals surface area (Å²) in [6.45, 7) is 13.1. The summed E-state index contributed by atoms with van der Waals surface area (Å²) in [5, 5.41) is 11.3. The first-order valence-corrected chi connectivity index (χ1v) is 13.4. The van der Waals surface area contributed by atoms with Gasteiger partial charge in [0.1, 0.15) is 5.60 Å². The molecule has 2 N–H and O–H groups in total. The molecule has 1 amide bonds. The number of H-pyrrole nitrogens is 1. The number of ether oxygens (including phenoxy) is 3. The van der Waals surface area contributed by atoms with E-state index in [4.69, 9.17) is 14.2 Å². The number of amides is 1. The summed E-state index contributed by atoms with van der Waals surface area (Å²) in [7, 11) is 1.60. The van der Waals surface area contributed by atoms with Gasteiger partial charge in [0, 0.05) is 54.9 Å². The Kier molecular flexibility index (Phi) is 8.33. The second kappa shape index (κ2) is 11.3. The van der Waals surface area contributed by atoms with E-state index in [0.29, 0.717) is 24.8 Å². The van der Waals surface area contributed by atoms with Crippen LogP contribution in [0.5, 0.6) is 5.75 Å². The molecule has 3 aromatic rings. The number of aromatic amines is 1. The Balaban J connectivity index is 1.69. The molecule has 8 nitrogen and oxygen atoms in total. The Bertz CT molecular complexity index is 1290. The second-order valence-electron chi connectivity index (χ2n) is 11.3. The molecule has 206 valence electrons. The molecule has 0 spiro atoms. The molecule has 0 radical (unpaired) electrons.